The van der Waals surface area contributed by atoms with Crippen molar-refractivity contribution in [3.05, 3.63) is 35.4 Å². The Bertz CT molecular complexity index is 561. The number of alkyl carbamates (subject to hydrolysis) is 1. The highest BCUT2D eigenvalue weighted by atomic mass is 19.4. The van der Waals surface area contributed by atoms with Crippen LogP contribution >= 0.6 is 0 Å². The lowest BCUT2D eigenvalue weighted by Crippen LogP contribution is -2.32. The van der Waals surface area contributed by atoms with Gasteiger partial charge in [0.25, 0.3) is 0 Å². The molecule has 122 valence electrons. The molecule has 4 nitrogen and oxygen atoms in total. The van der Waals surface area contributed by atoms with E-state index in [1.807, 2.05) is 0 Å². The largest absolute Gasteiger partial charge is 0.444 e. The van der Waals surface area contributed by atoms with Crippen molar-refractivity contribution in [1.82, 2.24) is 5.32 Å². The maximum Gasteiger partial charge on any atom is 0.417 e. The van der Waals surface area contributed by atoms with Gasteiger partial charge in [-0.2, -0.15) is 13.2 Å². The average Bonchev–Trinajstić information content (AvgIpc) is 2.32. The van der Waals surface area contributed by atoms with Crippen LogP contribution in [-0.4, -0.2) is 18.2 Å². The van der Waals surface area contributed by atoms with Gasteiger partial charge in [0, 0.05) is 12.2 Å². The third kappa shape index (κ3) is 6.07. The summed E-state index contributed by atoms with van der Waals surface area (Å²) in [7, 11) is 0. The zero-order valence-electron chi connectivity index (χ0n) is 12.6. The quantitative estimate of drug-likeness (QED) is 0.833. The van der Waals surface area contributed by atoms with Crippen molar-refractivity contribution < 1.29 is 22.7 Å². The van der Waals surface area contributed by atoms with E-state index in [-0.39, 0.29) is 17.8 Å². The standard InChI is InChI=1S/C15H19F3N2O2/c1-14(2,3)22-13(21)20-8-4-5-10-6-7-11(19)9-12(10)15(16,17)18/h4-7,9H,8,19H2,1-3H3,(H,20,21). The predicted octanol–water partition coefficient (Wildman–Crippen LogP) is 3.83. The summed E-state index contributed by atoms with van der Waals surface area (Å²) in [5, 5.41) is 2.43. The summed E-state index contributed by atoms with van der Waals surface area (Å²) in [5.41, 5.74) is 3.95. The lowest BCUT2D eigenvalue weighted by atomic mass is 10.1. The summed E-state index contributed by atoms with van der Waals surface area (Å²) in [5.74, 6) is 0. The third-order valence-electron chi connectivity index (χ3n) is 2.44. The Kier molecular flexibility index (Phi) is 5.46. The Balaban J connectivity index is 2.70. The van der Waals surface area contributed by atoms with Gasteiger partial charge in [0.15, 0.2) is 0 Å². The summed E-state index contributed by atoms with van der Waals surface area (Å²) in [6, 6.07) is 3.54. The van der Waals surface area contributed by atoms with Crippen molar-refractivity contribution in [3.63, 3.8) is 0 Å². The molecule has 0 fully saturated rings. The van der Waals surface area contributed by atoms with Crippen LogP contribution in [0.1, 0.15) is 31.9 Å². The van der Waals surface area contributed by atoms with Crippen molar-refractivity contribution in [2.45, 2.75) is 32.5 Å². The zero-order valence-corrected chi connectivity index (χ0v) is 12.6. The van der Waals surface area contributed by atoms with Gasteiger partial charge in [-0.15, -0.1) is 0 Å². The summed E-state index contributed by atoms with van der Waals surface area (Å²) < 4.78 is 43.6. The Labute approximate surface area is 127 Å². The van der Waals surface area contributed by atoms with Crippen molar-refractivity contribution in [2.24, 2.45) is 0 Å². The lowest BCUT2D eigenvalue weighted by Gasteiger charge is -2.19. The molecular weight excluding hydrogens is 297 g/mol. The number of carbonyl (C=O) groups is 1. The van der Waals surface area contributed by atoms with Gasteiger partial charge in [-0.3, -0.25) is 0 Å². The molecule has 0 bridgehead atoms. The number of amides is 1. The first-order chi connectivity index (χ1) is 9.99. The first kappa shape index (κ1) is 17.9. The molecular formula is C15H19F3N2O2. The number of nitrogen functional groups attached to an aromatic ring is 1. The van der Waals surface area contributed by atoms with E-state index in [2.05, 4.69) is 5.32 Å². The molecule has 1 aromatic rings. The number of rotatable bonds is 3. The number of hydrogen-bond acceptors (Lipinski definition) is 3. The second-order valence-corrected chi connectivity index (χ2v) is 5.63. The van der Waals surface area contributed by atoms with Crippen LogP contribution in [0.5, 0.6) is 0 Å². The molecule has 22 heavy (non-hydrogen) atoms. The Morgan fingerprint density at radius 2 is 1.95 bits per heavy atom. The molecule has 1 rings (SSSR count). The minimum atomic E-state index is -4.49. The Morgan fingerprint density at radius 3 is 2.50 bits per heavy atom. The van der Waals surface area contributed by atoms with Gasteiger partial charge in [0.05, 0.1) is 5.56 Å². The number of ether oxygens (including phenoxy) is 1. The Morgan fingerprint density at radius 1 is 1.32 bits per heavy atom. The minimum absolute atomic E-state index is 0.0207. The van der Waals surface area contributed by atoms with Gasteiger partial charge in [0.2, 0.25) is 0 Å². The second kappa shape index (κ2) is 6.72. The molecule has 0 aliphatic heterocycles. The van der Waals surface area contributed by atoms with Gasteiger partial charge >= 0.3 is 12.3 Å². The van der Waals surface area contributed by atoms with Gasteiger partial charge < -0.3 is 15.8 Å². The molecule has 0 aromatic heterocycles. The topological polar surface area (TPSA) is 64.3 Å². The monoisotopic (exact) mass is 316 g/mol. The van der Waals surface area contributed by atoms with Gasteiger partial charge in [-0.25, -0.2) is 4.79 Å². The number of nitrogens with two attached hydrogens (primary N) is 1. The number of hydrogen-bond donors (Lipinski definition) is 2. The fraction of sp³-hybridized carbons (Fsp3) is 0.400. The van der Waals surface area contributed by atoms with Crippen LogP contribution < -0.4 is 11.1 Å². The van der Waals surface area contributed by atoms with Gasteiger partial charge in [0.1, 0.15) is 5.60 Å². The van der Waals surface area contributed by atoms with E-state index in [4.69, 9.17) is 10.5 Å². The van der Waals surface area contributed by atoms with E-state index in [1.54, 1.807) is 20.8 Å². The molecule has 0 unspecified atom stereocenters. The SMILES string of the molecule is CC(C)(C)OC(=O)NCC=Cc1ccc(N)cc1C(F)(F)F. The van der Waals surface area contributed by atoms with Crippen molar-refractivity contribution in [1.29, 1.82) is 0 Å². The van der Waals surface area contributed by atoms with E-state index in [1.165, 1.54) is 24.3 Å². The zero-order chi connectivity index (χ0) is 17.0. The smallest absolute Gasteiger partial charge is 0.417 e. The molecule has 0 spiro atoms. The second-order valence-electron chi connectivity index (χ2n) is 5.63. The average molecular weight is 316 g/mol. The van der Waals surface area contributed by atoms with Crippen LogP contribution in [0.2, 0.25) is 0 Å². The molecule has 0 saturated heterocycles. The number of benzene rings is 1. The lowest BCUT2D eigenvalue weighted by molar-refractivity contribution is -0.137. The van der Waals surface area contributed by atoms with Crippen LogP contribution in [-0.2, 0) is 10.9 Å². The molecule has 1 amide bonds. The summed E-state index contributed by atoms with van der Waals surface area (Å²) >= 11 is 0. The first-order valence-electron chi connectivity index (χ1n) is 6.59. The fourth-order valence-electron chi connectivity index (χ4n) is 1.61. The third-order valence-corrected chi connectivity index (χ3v) is 2.44. The molecule has 0 aliphatic rings. The maximum atomic E-state index is 12.9. The van der Waals surface area contributed by atoms with Crippen molar-refractivity contribution >= 4 is 17.9 Å². The fourth-order valence-corrected chi connectivity index (χ4v) is 1.61. The molecule has 0 heterocycles. The highest BCUT2D eigenvalue weighted by Crippen LogP contribution is 2.33. The Hall–Kier alpha value is -2.18. The van der Waals surface area contributed by atoms with Crippen LogP contribution in [0.25, 0.3) is 6.08 Å². The van der Waals surface area contributed by atoms with E-state index in [0.29, 0.717) is 0 Å². The normalized spacial score (nSPS) is 12.5. The van der Waals surface area contributed by atoms with Crippen molar-refractivity contribution in [3.8, 4) is 0 Å². The molecule has 7 heteroatoms. The highest BCUT2D eigenvalue weighted by molar-refractivity contribution is 5.68. The van der Waals surface area contributed by atoms with E-state index >= 15 is 0 Å². The van der Waals surface area contributed by atoms with E-state index in [9.17, 15) is 18.0 Å². The van der Waals surface area contributed by atoms with E-state index < -0.39 is 23.4 Å². The molecule has 0 aliphatic carbocycles. The number of carbonyl (C=O) groups excluding carboxylic acids is 1. The van der Waals surface area contributed by atoms with E-state index in [0.717, 1.165) is 6.07 Å². The summed E-state index contributed by atoms with van der Waals surface area (Å²) in [6.07, 6.45) is -2.44. The molecule has 0 radical (unpaired) electrons. The maximum absolute atomic E-state index is 12.9. The van der Waals surface area contributed by atoms with Crippen LogP contribution in [0, 0.1) is 0 Å². The van der Waals surface area contributed by atoms with Crippen molar-refractivity contribution in [2.75, 3.05) is 12.3 Å². The number of nitrogens with one attached hydrogen (secondary N) is 1. The summed E-state index contributed by atoms with van der Waals surface area (Å²) in [6.45, 7) is 5.20. The summed E-state index contributed by atoms with van der Waals surface area (Å²) in [4.78, 5) is 11.4. The molecule has 1 aromatic carbocycles. The minimum Gasteiger partial charge on any atom is -0.444 e. The van der Waals surface area contributed by atoms with Crippen LogP contribution in [0.4, 0.5) is 23.7 Å². The molecule has 0 atom stereocenters. The number of halogens is 3. The number of alkyl halides is 3. The van der Waals surface area contributed by atoms with Crippen LogP contribution in [0.3, 0.4) is 0 Å². The van der Waals surface area contributed by atoms with Gasteiger partial charge in [-0.05, 0) is 38.5 Å². The predicted molar refractivity (Wildman–Crippen MR) is 79.1 cm³/mol. The molecule has 0 saturated carbocycles. The highest BCUT2D eigenvalue weighted by Gasteiger charge is 2.32. The first-order valence-corrected chi connectivity index (χ1v) is 6.59. The van der Waals surface area contributed by atoms with Gasteiger partial charge in [-0.1, -0.05) is 18.2 Å². The van der Waals surface area contributed by atoms with Crippen LogP contribution in [0.15, 0.2) is 24.3 Å². The molecule has 3 N–H and O–H groups in total. The number of anilines is 1.